The fraction of sp³-hybridized carbons (Fsp3) is 0. The molecule has 0 unspecified atom stereocenters. The van der Waals surface area contributed by atoms with Gasteiger partial charge < -0.3 is 17.9 Å². The first-order chi connectivity index (χ1) is 56.6. The third-order valence-corrected chi connectivity index (χ3v) is 24.9. The minimum atomic E-state index is 0.772. The van der Waals surface area contributed by atoms with Crippen LogP contribution in [0.5, 0.6) is 0 Å². The summed E-state index contributed by atoms with van der Waals surface area (Å²) in [6.07, 6.45) is 0. The van der Waals surface area contributed by atoms with Crippen LogP contribution in [0.25, 0.3) is 253 Å². The maximum Gasteiger partial charge on any atom is 0.165 e. The highest BCUT2D eigenvalue weighted by Gasteiger charge is 2.31. The number of rotatable bonds is 7. The quantitative estimate of drug-likeness (QED) is 0.159. The summed E-state index contributed by atoms with van der Waals surface area (Å²) in [6.45, 7) is 0. The van der Waals surface area contributed by atoms with E-state index in [1.165, 1.54) is 97.5 Å². The Hall–Kier alpha value is -15.5. The van der Waals surface area contributed by atoms with Gasteiger partial charge in [0.2, 0.25) is 0 Å². The van der Waals surface area contributed by atoms with Gasteiger partial charge in [0, 0.05) is 109 Å². The van der Waals surface area contributed by atoms with Crippen molar-refractivity contribution in [2.75, 3.05) is 0 Å². The monoisotopic (exact) mass is 1450 g/mol. The molecular formula is C104H58N10. The van der Waals surface area contributed by atoms with Crippen LogP contribution in [-0.2, 0) is 0 Å². The smallest absolute Gasteiger partial charge is 0.165 e. The van der Waals surface area contributed by atoms with E-state index in [1.54, 1.807) is 0 Å². The van der Waals surface area contributed by atoms with Crippen molar-refractivity contribution in [3.05, 3.63) is 352 Å². The SMILES string of the molecule is c1ccc(-n2c3ccc(-c4nc5ccccc5nc4-n4c5ccccc5c5cc6c7ccccc7n7c8ccccc8c(c54)c67)cc3c3ccc(-c4ccc5c(c4)c4cc6c7ccccc7n(-c7nc8ccccc8nc7-c7ccc8c9ccccc9n(-c9ccccc9)c8c7)c6c6c7cc8ccccc8cc7n5c46)cc32)cc1. The zero-order chi connectivity index (χ0) is 73.9. The molecule has 0 N–H and O–H groups in total. The molecule has 0 aliphatic carbocycles. The van der Waals surface area contributed by atoms with Crippen molar-refractivity contribution in [2.24, 2.45) is 0 Å². The van der Waals surface area contributed by atoms with Gasteiger partial charge in [-0.25, -0.2) is 19.9 Å². The van der Waals surface area contributed by atoms with E-state index in [-0.39, 0.29) is 0 Å². The van der Waals surface area contributed by atoms with Gasteiger partial charge in [0.25, 0.3) is 0 Å². The van der Waals surface area contributed by atoms with Crippen molar-refractivity contribution in [3.63, 3.8) is 0 Å². The molecule has 0 fully saturated rings. The van der Waals surface area contributed by atoms with Gasteiger partial charge in [-0.05, 0) is 161 Å². The first kappa shape index (κ1) is 60.4. The van der Waals surface area contributed by atoms with Crippen molar-refractivity contribution < 1.29 is 0 Å². The largest absolute Gasteiger partial charge is 0.309 e. The van der Waals surface area contributed by atoms with Gasteiger partial charge in [0.05, 0.1) is 99.3 Å². The molecule has 0 aliphatic heterocycles. The van der Waals surface area contributed by atoms with Gasteiger partial charge in [-0.1, -0.05) is 212 Å². The second kappa shape index (κ2) is 22.1. The highest BCUT2D eigenvalue weighted by molar-refractivity contribution is 6.37. The number of hydrogen-bond acceptors (Lipinski definition) is 4. The number of para-hydroxylation sites is 11. The Morgan fingerprint density at radius 3 is 1.11 bits per heavy atom. The van der Waals surface area contributed by atoms with Gasteiger partial charge in [-0.2, -0.15) is 0 Å². The number of nitrogens with zero attached hydrogens (tertiary/aromatic N) is 10. The number of benzene rings is 17. The van der Waals surface area contributed by atoms with Gasteiger partial charge >= 0.3 is 0 Å². The Kier molecular flexibility index (Phi) is 11.7. The molecular weight excluding hydrogens is 1390 g/mol. The average Bonchev–Trinajstić information content (AvgIpc) is 1.51. The Balaban J connectivity index is 0.675. The summed E-state index contributed by atoms with van der Waals surface area (Å²) in [5, 5.41) is 21.3. The van der Waals surface area contributed by atoms with E-state index in [4.69, 9.17) is 19.9 Å². The molecule has 0 spiro atoms. The van der Waals surface area contributed by atoms with E-state index in [2.05, 4.69) is 379 Å². The highest BCUT2D eigenvalue weighted by Crippen LogP contribution is 2.52. The molecule has 0 bridgehead atoms. The lowest BCUT2D eigenvalue weighted by Gasteiger charge is -2.15. The molecule has 27 rings (SSSR count). The third-order valence-electron chi connectivity index (χ3n) is 24.9. The number of fused-ring (bicyclic) bond motifs is 29. The fourth-order valence-corrected chi connectivity index (χ4v) is 20.2. The molecule has 0 amide bonds. The molecule has 0 aliphatic rings. The second-order valence-electron chi connectivity index (χ2n) is 30.8. The number of aromatic nitrogens is 10. The maximum absolute atomic E-state index is 5.79. The molecule has 27 aromatic rings. The third kappa shape index (κ3) is 7.96. The summed E-state index contributed by atoms with van der Waals surface area (Å²) in [6, 6.07) is 129. The predicted molar refractivity (Wildman–Crippen MR) is 473 cm³/mol. The van der Waals surface area contributed by atoms with Crippen molar-refractivity contribution in [2.45, 2.75) is 0 Å². The molecule has 10 heterocycles. The summed E-state index contributed by atoms with van der Waals surface area (Å²) in [5.74, 6) is 1.55. The van der Waals surface area contributed by atoms with Crippen LogP contribution in [0.4, 0.5) is 0 Å². The van der Waals surface area contributed by atoms with Crippen LogP contribution >= 0.6 is 0 Å². The Morgan fingerprint density at radius 2 is 0.518 bits per heavy atom. The summed E-state index contributed by atoms with van der Waals surface area (Å²) in [4.78, 5) is 22.9. The minimum Gasteiger partial charge on any atom is -0.309 e. The van der Waals surface area contributed by atoms with Crippen molar-refractivity contribution in [1.82, 2.24) is 47.0 Å². The normalized spacial score (nSPS) is 12.6. The lowest BCUT2D eigenvalue weighted by atomic mass is 9.98. The van der Waals surface area contributed by atoms with Crippen LogP contribution in [0, 0.1) is 0 Å². The molecule has 114 heavy (non-hydrogen) atoms. The minimum absolute atomic E-state index is 0.772. The van der Waals surface area contributed by atoms with Crippen LogP contribution < -0.4 is 0 Å². The van der Waals surface area contributed by atoms with E-state index in [9.17, 15) is 0 Å². The Morgan fingerprint density at radius 1 is 0.175 bits per heavy atom. The second-order valence-corrected chi connectivity index (χ2v) is 30.8. The zero-order valence-electron chi connectivity index (χ0n) is 61.0. The summed E-state index contributed by atoms with van der Waals surface area (Å²) >= 11 is 0. The van der Waals surface area contributed by atoms with E-state index in [1.807, 2.05) is 0 Å². The van der Waals surface area contributed by atoms with E-state index < -0.39 is 0 Å². The highest BCUT2D eigenvalue weighted by atomic mass is 15.1. The molecule has 10 aromatic heterocycles. The van der Waals surface area contributed by atoms with Crippen molar-refractivity contribution in [3.8, 4) is 56.7 Å². The first-order valence-corrected chi connectivity index (χ1v) is 39.0. The lowest BCUT2D eigenvalue weighted by molar-refractivity contribution is 1.08. The average molecular weight is 1450 g/mol. The van der Waals surface area contributed by atoms with Crippen LogP contribution in [0.1, 0.15) is 0 Å². The van der Waals surface area contributed by atoms with Gasteiger partial charge in [-0.3, -0.25) is 9.13 Å². The zero-order valence-corrected chi connectivity index (χ0v) is 61.0. The van der Waals surface area contributed by atoms with E-state index in [0.29, 0.717) is 0 Å². The van der Waals surface area contributed by atoms with Gasteiger partial charge in [-0.15, -0.1) is 0 Å². The van der Waals surface area contributed by atoms with Gasteiger partial charge in [0.15, 0.2) is 11.6 Å². The summed E-state index contributed by atoms with van der Waals surface area (Å²) in [7, 11) is 0. The summed E-state index contributed by atoms with van der Waals surface area (Å²) < 4.78 is 14.7. The van der Waals surface area contributed by atoms with Gasteiger partial charge in [0.1, 0.15) is 11.4 Å². The number of hydrogen-bond donors (Lipinski definition) is 0. The lowest BCUT2D eigenvalue weighted by Crippen LogP contribution is -2.04. The van der Waals surface area contributed by atoms with Crippen LogP contribution in [0.3, 0.4) is 0 Å². The molecule has 524 valence electrons. The molecule has 0 atom stereocenters. The molecule has 10 nitrogen and oxygen atoms in total. The molecule has 17 aromatic carbocycles. The van der Waals surface area contributed by atoms with Crippen molar-refractivity contribution in [1.29, 1.82) is 0 Å². The molecule has 10 heteroatoms. The molecule has 0 saturated heterocycles. The topological polar surface area (TPSA) is 80.1 Å². The summed E-state index contributed by atoms with van der Waals surface area (Å²) in [5.41, 5.74) is 27.2. The van der Waals surface area contributed by atoms with Crippen LogP contribution in [-0.4, -0.2) is 47.0 Å². The first-order valence-electron chi connectivity index (χ1n) is 39.0. The van der Waals surface area contributed by atoms with Crippen LogP contribution in [0.2, 0.25) is 0 Å². The Bertz CT molecular complexity index is 8940. The maximum atomic E-state index is 5.79. The van der Waals surface area contributed by atoms with E-state index in [0.717, 1.165) is 155 Å². The van der Waals surface area contributed by atoms with E-state index >= 15 is 0 Å². The predicted octanol–water partition coefficient (Wildman–Crippen LogP) is 26.4. The Labute approximate surface area is 647 Å². The van der Waals surface area contributed by atoms with Crippen LogP contribution in [0.15, 0.2) is 352 Å². The van der Waals surface area contributed by atoms with Crippen molar-refractivity contribution >= 4 is 196 Å². The molecule has 0 radical (unpaired) electrons. The molecule has 0 saturated carbocycles. The standard InChI is InChI=1S/C104H58N10/c1-3-25-65(26-4-1)109-85-38-18-9-29-67(85)71-48-44-64(56-93(71)109)98-104(108-84-37-17-15-35-82(84)106-98)114-88-41-21-12-32-70(88)78-58-79-75-51-61(45-49-91(75)112-94-54-60-24-8-7-23-59(60)52-80(94)96(100(79)112)102(78)114)62-43-47-72-74-53-63(46-50-90(74)110(92(72)55-62)66-27-5-2-6-28-66)97-103(107-83-36-16-14-34-81(83)105-97)113-87-40-20-11-31-69(87)77-57-76-68-30-10-19-39-86(68)111-89-42-22-13-33-73(89)95(99(76)111)101(77)113/h1-58H. The fourth-order valence-electron chi connectivity index (χ4n) is 20.2.